The summed E-state index contributed by atoms with van der Waals surface area (Å²) in [5.41, 5.74) is 0.969. The van der Waals surface area contributed by atoms with E-state index in [1.807, 2.05) is 6.07 Å². The smallest absolute Gasteiger partial charge is 0.253 e. The molecule has 1 atom stereocenters. The number of nitriles is 1. The molecule has 0 heterocycles. The summed E-state index contributed by atoms with van der Waals surface area (Å²) in [4.78, 5) is 13.5. The third kappa shape index (κ3) is 3.89. The van der Waals surface area contributed by atoms with Gasteiger partial charge in [0.15, 0.2) is 0 Å². The maximum atomic E-state index is 12.0. The summed E-state index contributed by atoms with van der Waals surface area (Å²) in [5, 5.41) is 17.9. The molecule has 0 radical (unpaired) electrons. The van der Waals surface area contributed by atoms with Crippen LogP contribution < -0.4 is 0 Å². The van der Waals surface area contributed by atoms with Crippen LogP contribution in [0, 0.1) is 11.3 Å². The lowest BCUT2D eigenvalue weighted by Crippen LogP contribution is -2.29. The number of carbonyl (C=O) groups is 1. The first-order chi connectivity index (χ1) is 8.04. The molecule has 0 aliphatic carbocycles. The highest BCUT2D eigenvalue weighted by molar-refractivity contribution is 5.94. The van der Waals surface area contributed by atoms with E-state index in [4.69, 9.17) is 10.4 Å². The predicted molar refractivity (Wildman–Crippen MR) is 64.4 cm³/mol. The van der Waals surface area contributed by atoms with Crippen molar-refractivity contribution in [3.8, 4) is 6.07 Å². The molecule has 4 nitrogen and oxygen atoms in total. The number of nitrogens with zero attached hydrogens (tertiary/aromatic N) is 2. The van der Waals surface area contributed by atoms with Gasteiger partial charge in [0.1, 0.15) is 0 Å². The predicted octanol–water partition coefficient (Wildman–Crippen LogP) is 1.40. The standard InChI is InChI=1S/C13H16N2O2/c1-10(16)6-7-15(2)13(17)12-5-3-4-11(8-12)9-14/h3-5,8,10,16H,6-7H2,1-2H3. The fraction of sp³-hybridized carbons (Fsp3) is 0.385. The second-order valence-electron chi connectivity index (χ2n) is 4.06. The van der Waals surface area contributed by atoms with E-state index in [1.54, 1.807) is 43.1 Å². The second kappa shape index (κ2) is 6.02. The van der Waals surface area contributed by atoms with Gasteiger partial charge in [-0.15, -0.1) is 0 Å². The van der Waals surface area contributed by atoms with E-state index in [1.165, 1.54) is 0 Å². The number of rotatable bonds is 4. The maximum absolute atomic E-state index is 12.0. The number of benzene rings is 1. The Labute approximate surface area is 101 Å². The fourth-order valence-corrected chi connectivity index (χ4v) is 1.42. The Morgan fingerprint density at radius 3 is 2.88 bits per heavy atom. The SMILES string of the molecule is CC(O)CCN(C)C(=O)c1cccc(C#N)c1. The minimum Gasteiger partial charge on any atom is -0.393 e. The first kappa shape index (κ1) is 13.2. The van der Waals surface area contributed by atoms with E-state index < -0.39 is 6.10 Å². The lowest BCUT2D eigenvalue weighted by Gasteiger charge is -2.18. The van der Waals surface area contributed by atoms with Crippen LogP contribution in [0.3, 0.4) is 0 Å². The van der Waals surface area contributed by atoms with Gasteiger partial charge in [-0.2, -0.15) is 5.26 Å². The summed E-state index contributed by atoms with van der Waals surface area (Å²) in [6.07, 6.45) is 0.121. The van der Waals surface area contributed by atoms with Crippen molar-refractivity contribution in [1.29, 1.82) is 5.26 Å². The molecule has 0 spiro atoms. The molecule has 0 saturated heterocycles. The third-order valence-corrected chi connectivity index (χ3v) is 2.47. The van der Waals surface area contributed by atoms with Gasteiger partial charge in [-0.1, -0.05) is 6.07 Å². The molecular weight excluding hydrogens is 216 g/mol. The van der Waals surface area contributed by atoms with E-state index in [-0.39, 0.29) is 5.91 Å². The van der Waals surface area contributed by atoms with Gasteiger partial charge in [0.25, 0.3) is 5.91 Å². The fourth-order valence-electron chi connectivity index (χ4n) is 1.42. The number of amides is 1. The van der Waals surface area contributed by atoms with Crippen LogP contribution in [0.15, 0.2) is 24.3 Å². The molecule has 1 N–H and O–H groups in total. The van der Waals surface area contributed by atoms with Gasteiger partial charge in [-0.05, 0) is 31.5 Å². The van der Waals surface area contributed by atoms with Crippen LogP contribution in [-0.2, 0) is 0 Å². The minimum absolute atomic E-state index is 0.136. The average molecular weight is 232 g/mol. The minimum atomic E-state index is -0.421. The molecule has 0 aliphatic heterocycles. The molecule has 0 fully saturated rings. The first-order valence-corrected chi connectivity index (χ1v) is 5.48. The Bertz CT molecular complexity index is 435. The zero-order valence-corrected chi connectivity index (χ0v) is 10.1. The van der Waals surface area contributed by atoms with Gasteiger partial charge in [-0.3, -0.25) is 4.79 Å². The molecule has 0 bridgehead atoms. The van der Waals surface area contributed by atoms with Crippen LogP contribution in [-0.4, -0.2) is 35.6 Å². The van der Waals surface area contributed by atoms with Gasteiger partial charge in [0, 0.05) is 19.2 Å². The number of carbonyl (C=O) groups excluding carboxylic acids is 1. The average Bonchev–Trinajstić information content (AvgIpc) is 2.35. The molecule has 1 unspecified atom stereocenters. The molecule has 17 heavy (non-hydrogen) atoms. The van der Waals surface area contributed by atoms with E-state index in [0.29, 0.717) is 24.1 Å². The molecule has 1 aromatic carbocycles. The molecule has 0 saturated carbocycles. The van der Waals surface area contributed by atoms with Crippen molar-refractivity contribution in [2.24, 2.45) is 0 Å². The van der Waals surface area contributed by atoms with Crippen molar-refractivity contribution in [1.82, 2.24) is 4.90 Å². The molecule has 0 aromatic heterocycles. The van der Waals surface area contributed by atoms with Crippen molar-refractivity contribution in [3.63, 3.8) is 0 Å². The molecule has 4 heteroatoms. The van der Waals surface area contributed by atoms with Crippen LogP contribution in [0.2, 0.25) is 0 Å². The van der Waals surface area contributed by atoms with E-state index >= 15 is 0 Å². The normalized spacial score (nSPS) is 11.6. The largest absolute Gasteiger partial charge is 0.393 e. The van der Waals surface area contributed by atoms with Crippen molar-refractivity contribution >= 4 is 5.91 Å². The van der Waals surface area contributed by atoms with Crippen LogP contribution in [0.1, 0.15) is 29.3 Å². The summed E-state index contributed by atoms with van der Waals surface area (Å²) in [5.74, 6) is -0.136. The van der Waals surface area contributed by atoms with Gasteiger partial charge >= 0.3 is 0 Å². The summed E-state index contributed by atoms with van der Waals surface area (Å²) in [6.45, 7) is 2.18. The van der Waals surface area contributed by atoms with Gasteiger partial charge in [-0.25, -0.2) is 0 Å². The van der Waals surface area contributed by atoms with Crippen molar-refractivity contribution in [3.05, 3.63) is 35.4 Å². The van der Waals surface area contributed by atoms with Gasteiger partial charge in [0.05, 0.1) is 17.7 Å². The van der Waals surface area contributed by atoms with E-state index in [2.05, 4.69) is 0 Å². The highest BCUT2D eigenvalue weighted by Gasteiger charge is 2.12. The van der Waals surface area contributed by atoms with Crippen molar-refractivity contribution in [2.75, 3.05) is 13.6 Å². The van der Waals surface area contributed by atoms with E-state index in [0.717, 1.165) is 0 Å². The van der Waals surface area contributed by atoms with Crippen molar-refractivity contribution in [2.45, 2.75) is 19.4 Å². The first-order valence-electron chi connectivity index (χ1n) is 5.48. The Morgan fingerprint density at radius 1 is 1.59 bits per heavy atom. The van der Waals surface area contributed by atoms with Crippen LogP contribution >= 0.6 is 0 Å². The highest BCUT2D eigenvalue weighted by atomic mass is 16.3. The number of hydrogen-bond donors (Lipinski definition) is 1. The monoisotopic (exact) mass is 232 g/mol. The lowest BCUT2D eigenvalue weighted by molar-refractivity contribution is 0.0769. The Balaban J connectivity index is 2.71. The molecule has 1 rings (SSSR count). The van der Waals surface area contributed by atoms with Gasteiger partial charge < -0.3 is 10.0 Å². The Kier molecular flexibility index (Phi) is 4.68. The van der Waals surface area contributed by atoms with Crippen LogP contribution in [0.25, 0.3) is 0 Å². The number of hydrogen-bond acceptors (Lipinski definition) is 3. The zero-order chi connectivity index (χ0) is 12.8. The zero-order valence-electron chi connectivity index (χ0n) is 10.1. The topological polar surface area (TPSA) is 64.3 Å². The maximum Gasteiger partial charge on any atom is 0.253 e. The summed E-state index contributed by atoms with van der Waals surface area (Å²) < 4.78 is 0. The van der Waals surface area contributed by atoms with E-state index in [9.17, 15) is 4.79 Å². The van der Waals surface area contributed by atoms with Crippen LogP contribution in [0.4, 0.5) is 0 Å². The quantitative estimate of drug-likeness (QED) is 0.853. The summed E-state index contributed by atoms with van der Waals surface area (Å²) >= 11 is 0. The number of aliphatic hydroxyl groups is 1. The second-order valence-corrected chi connectivity index (χ2v) is 4.06. The molecule has 0 aliphatic rings. The summed E-state index contributed by atoms with van der Waals surface area (Å²) in [6, 6.07) is 8.60. The molecule has 1 amide bonds. The molecular formula is C13H16N2O2. The van der Waals surface area contributed by atoms with Gasteiger partial charge in [0.2, 0.25) is 0 Å². The highest BCUT2D eigenvalue weighted by Crippen LogP contribution is 2.07. The Morgan fingerprint density at radius 2 is 2.29 bits per heavy atom. The lowest BCUT2D eigenvalue weighted by atomic mass is 10.1. The van der Waals surface area contributed by atoms with Crippen LogP contribution in [0.5, 0.6) is 0 Å². The third-order valence-electron chi connectivity index (χ3n) is 2.47. The molecule has 1 aromatic rings. The number of aliphatic hydroxyl groups excluding tert-OH is 1. The molecule has 90 valence electrons. The van der Waals surface area contributed by atoms with Crippen molar-refractivity contribution < 1.29 is 9.90 Å². The summed E-state index contributed by atoms with van der Waals surface area (Å²) in [7, 11) is 1.68. The Hall–Kier alpha value is -1.86.